The number of hydrogen-bond acceptors (Lipinski definition) is 7. The average molecular weight is 546 g/mol. The minimum Gasteiger partial charge on any atom is -0.337 e. The van der Waals surface area contributed by atoms with E-state index in [1.54, 1.807) is 11.0 Å². The fourth-order valence-corrected chi connectivity index (χ4v) is 4.05. The Bertz CT molecular complexity index is 1290. The van der Waals surface area contributed by atoms with E-state index in [-0.39, 0.29) is 5.95 Å². The molecule has 0 unspecified atom stereocenters. The van der Waals surface area contributed by atoms with Crippen LogP contribution in [-0.2, 0) is 6.18 Å². The van der Waals surface area contributed by atoms with Gasteiger partial charge in [0.15, 0.2) is 0 Å². The van der Waals surface area contributed by atoms with Crippen LogP contribution in [0, 0.1) is 0 Å². The lowest BCUT2D eigenvalue weighted by atomic mass is 10.2. The summed E-state index contributed by atoms with van der Waals surface area (Å²) in [4.78, 5) is 23.1. The van der Waals surface area contributed by atoms with E-state index >= 15 is 0 Å². The van der Waals surface area contributed by atoms with Crippen LogP contribution >= 0.6 is 11.6 Å². The van der Waals surface area contributed by atoms with E-state index in [1.165, 1.54) is 0 Å². The number of para-hydroxylation sites is 1. The maximum atomic E-state index is 13.1. The number of allylic oxidation sites excluding steroid dienone is 4. The van der Waals surface area contributed by atoms with E-state index in [0.717, 1.165) is 28.9 Å². The van der Waals surface area contributed by atoms with Crippen molar-refractivity contribution < 1.29 is 13.2 Å². The molecule has 2 aromatic heterocycles. The van der Waals surface area contributed by atoms with E-state index in [2.05, 4.69) is 16.5 Å². The molecule has 0 N–H and O–H groups in total. The molecule has 3 heterocycles. The number of rotatable bonds is 7. The van der Waals surface area contributed by atoms with Crippen molar-refractivity contribution in [1.29, 1.82) is 0 Å². The number of likely N-dealkylation sites (N-methyl/N-ethyl adjacent to an activating group) is 1. The van der Waals surface area contributed by atoms with Gasteiger partial charge in [-0.15, -0.1) is 11.6 Å². The van der Waals surface area contributed by atoms with E-state index in [0.29, 0.717) is 43.8 Å². The number of piperazine rings is 1. The SMILES string of the molecule is C=C/C=C\C(=C/CCl)N(C)c1nc(N2CCN(c3nccc(C(F)(F)F)n3)CC2)nc2ccccc12.CC. The van der Waals surface area contributed by atoms with Gasteiger partial charge in [0.2, 0.25) is 11.9 Å². The molecule has 3 aromatic rings. The number of nitrogens with zero attached hydrogens (tertiary/aromatic N) is 7. The molecule has 0 atom stereocenters. The van der Waals surface area contributed by atoms with E-state index in [1.807, 2.05) is 73.2 Å². The Hall–Kier alpha value is -3.66. The van der Waals surface area contributed by atoms with Gasteiger partial charge in [0.05, 0.1) is 5.52 Å². The molecule has 1 fully saturated rings. The number of alkyl halides is 4. The lowest BCUT2D eigenvalue weighted by Gasteiger charge is -2.35. The predicted octanol–water partition coefficient (Wildman–Crippen LogP) is 6.09. The van der Waals surface area contributed by atoms with E-state index in [9.17, 15) is 13.2 Å². The van der Waals surface area contributed by atoms with Crippen LogP contribution in [0.4, 0.5) is 30.9 Å². The van der Waals surface area contributed by atoms with Gasteiger partial charge in [-0.1, -0.05) is 44.7 Å². The highest BCUT2D eigenvalue weighted by atomic mass is 35.5. The number of halogens is 4. The molecule has 0 saturated carbocycles. The van der Waals surface area contributed by atoms with E-state index in [4.69, 9.17) is 21.6 Å². The Morgan fingerprint density at radius 2 is 1.68 bits per heavy atom. The molecule has 1 aliphatic rings. The highest BCUT2D eigenvalue weighted by Crippen LogP contribution is 2.30. The zero-order valence-electron chi connectivity index (χ0n) is 21.7. The largest absolute Gasteiger partial charge is 0.433 e. The van der Waals surface area contributed by atoms with E-state index < -0.39 is 11.9 Å². The summed E-state index contributed by atoms with van der Waals surface area (Å²) in [7, 11) is 1.91. The van der Waals surface area contributed by atoms with Gasteiger partial charge in [0.25, 0.3) is 0 Å². The summed E-state index contributed by atoms with van der Waals surface area (Å²) in [6.07, 6.45) is 3.92. The molecule has 7 nitrogen and oxygen atoms in total. The Kier molecular flexibility index (Phi) is 10.1. The summed E-state index contributed by atoms with van der Waals surface area (Å²) in [5.41, 5.74) is 0.684. The molecule has 202 valence electrons. The van der Waals surface area contributed by atoms with Crippen LogP contribution in [0.3, 0.4) is 0 Å². The summed E-state index contributed by atoms with van der Waals surface area (Å²) in [6, 6.07) is 8.61. The molecule has 4 rings (SSSR count). The zero-order valence-corrected chi connectivity index (χ0v) is 22.4. The van der Waals surface area contributed by atoms with Gasteiger partial charge in [-0.3, -0.25) is 0 Å². The smallest absolute Gasteiger partial charge is 0.337 e. The molecular weight excluding hydrogens is 515 g/mol. The van der Waals surface area contributed by atoms with Crippen LogP contribution in [-0.4, -0.2) is 59.0 Å². The average Bonchev–Trinajstić information content (AvgIpc) is 2.95. The second-order valence-electron chi connectivity index (χ2n) is 8.02. The van der Waals surface area contributed by atoms with Gasteiger partial charge in [0.1, 0.15) is 11.5 Å². The second-order valence-corrected chi connectivity index (χ2v) is 8.32. The monoisotopic (exact) mass is 545 g/mol. The number of hydrogen-bond donors (Lipinski definition) is 0. The number of anilines is 3. The first-order valence-corrected chi connectivity index (χ1v) is 12.8. The van der Waals surface area contributed by atoms with Crippen molar-refractivity contribution in [1.82, 2.24) is 19.9 Å². The van der Waals surface area contributed by atoms with Crippen molar-refractivity contribution in [2.45, 2.75) is 20.0 Å². The zero-order chi connectivity index (χ0) is 27.7. The first-order valence-electron chi connectivity index (χ1n) is 12.3. The van der Waals surface area contributed by atoms with Crippen LogP contribution in [0.15, 0.2) is 73.1 Å². The minimum atomic E-state index is -4.52. The van der Waals surface area contributed by atoms with Crippen molar-refractivity contribution >= 4 is 40.2 Å². The number of aromatic nitrogens is 4. The number of fused-ring (bicyclic) bond motifs is 1. The third kappa shape index (κ3) is 6.80. The summed E-state index contributed by atoms with van der Waals surface area (Å²) in [5.74, 6) is 1.65. The molecular formula is C27H31ClF3N7. The Morgan fingerprint density at radius 1 is 1.03 bits per heavy atom. The summed E-state index contributed by atoms with van der Waals surface area (Å²) >= 11 is 6.00. The van der Waals surface area contributed by atoms with Crippen LogP contribution < -0.4 is 14.7 Å². The summed E-state index contributed by atoms with van der Waals surface area (Å²) in [5, 5.41) is 0.882. The van der Waals surface area contributed by atoms with Gasteiger partial charge in [0, 0.05) is 56.4 Å². The van der Waals surface area contributed by atoms with Gasteiger partial charge in [-0.2, -0.15) is 18.2 Å². The van der Waals surface area contributed by atoms with Crippen LogP contribution in [0.25, 0.3) is 10.9 Å². The fourth-order valence-electron chi connectivity index (χ4n) is 3.89. The van der Waals surface area contributed by atoms with Crippen LogP contribution in [0.5, 0.6) is 0 Å². The molecule has 1 saturated heterocycles. The highest BCUT2D eigenvalue weighted by molar-refractivity contribution is 6.19. The molecule has 1 aliphatic heterocycles. The maximum absolute atomic E-state index is 13.1. The lowest BCUT2D eigenvalue weighted by molar-refractivity contribution is -0.141. The minimum absolute atomic E-state index is 0.0641. The van der Waals surface area contributed by atoms with Crippen molar-refractivity contribution in [3.05, 3.63) is 78.8 Å². The van der Waals surface area contributed by atoms with Crippen molar-refractivity contribution in [3.63, 3.8) is 0 Å². The van der Waals surface area contributed by atoms with Crippen molar-refractivity contribution in [2.24, 2.45) is 0 Å². The Morgan fingerprint density at radius 3 is 2.32 bits per heavy atom. The lowest BCUT2D eigenvalue weighted by Crippen LogP contribution is -2.47. The third-order valence-corrected chi connectivity index (χ3v) is 5.90. The third-order valence-electron chi connectivity index (χ3n) is 5.74. The quantitative estimate of drug-likeness (QED) is 0.263. The van der Waals surface area contributed by atoms with Crippen LogP contribution in [0.1, 0.15) is 19.5 Å². The molecule has 0 amide bonds. The Balaban J connectivity index is 0.00000195. The molecule has 0 aliphatic carbocycles. The molecule has 11 heteroatoms. The maximum Gasteiger partial charge on any atom is 0.433 e. The molecule has 0 bridgehead atoms. The first kappa shape index (κ1) is 28.9. The standard InChI is InChI=1S/C25H25ClF3N7.C2H6/c1-3-4-7-18(10-12-26)34(2)22-19-8-5-6-9-20(19)31-24(33-22)36-16-14-35(15-17-36)23-30-13-11-21(32-23)25(27,28)29;1-2/h3-11,13H,1,12,14-17H2,2H3;1-2H3/b7-4-,18-10+;. The highest BCUT2D eigenvalue weighted by Gasteiger charge is 2.33. The van der Waals surface area contributed by atoms with Crippen molar-refractivity contribution in [2.75, 3.05) is 53.8 Å². The van der Waals surface area contributed by atoms with Crippen molar-refractivity contribution in [3.8, 4) is 0 Å². The van der Waals surface area contributed by atoms with Gasteiger partial charge in [-0.05, 0) is 30.4 Å². The molecule has 38 heavy (non-hydrogen) atoms. The normalized spacial score (nSPS) is 14.4. The number of benzene rings is 1. The van der Waals surface area contributed by atoms with Gasteiger partial charge < -0.3 is 14.7 Å². The van der Waals surface area contributed by atoms with Crippen LogP contribution in [0.2, 0.25) is 0 Å². The topological polar surface area (TPSA) is 61.3 Å². The predicted molar refractivity (Wildman–Crippen MR) is 149 cm³/mol. The molecule has 1 aromatic carbocycles. The van der Waals surface area contributed by atoms with Gasteiger partial charge in [-0.25, -0.2) is 15.0 Å². The summed E-state index contributed by atoms with van der Waals surface area (Å²) < 4.78 is 39.2. The molecule has 0 spiro atoms. The Labute approximate surface area is 226 Å². The fraction of sp³-hybridized carbons (Fsp3) is 0.333. The first-order chi connectivity index (χ1) is 18.3. The summed E-state index contributed by atoms with van der Waals surface area (Å²) in [6.45, 7) is 9.60. The van der Waals surface area contributed by atoms with Gasteiger partial charge >= 0.3 is 6.18 Å². The molecule has 0 radical (unpaired) electrons. The second kappa shape index (κ2) is 13.2.